The van der Waals surface area contributed by atoms with Gasteiger partial charge >= 0.3 is 11.9 Å². The van der Waals surface area contributed by atoms with Crippen molar-refractivity contribution in [1.82, 2.24) is 0 Å². The number of aromatic carboxylic acids is 2. The Hall–Kier alpha value is -2.76. The number of allylic oxidation sites excluding steroid dienone is 2. The first kappa shape index (κ1) is 15.3. The number of benzene rings is 1. The highest BCUT2D eigenvalue weighted by Crippen LogP contribution is 2.31. The van der Waals surface area contributed by atoms with Crippen LogP contribution in [0.5, 0.6) is 11.5 Å². The highest BCUT2D eigenvalue weighted by atomic mass is 16.5. The first-order valence-electron chi connectivity index (χ1n) is 5.53. The van der Waals surface area contributed by atoms with Crippen LogP contribution < -0.4 is 9.47 Å². The third-order valence-electron chi connectivity index (χ3n) is 2.11. The van der Waals surface area contributed by atoms with Gasteiger partial charge in [-0.15, -0.1) is 0 Å². The van der Waals surface area contributed by atoms with Crippen LogP contribution in [0.25, 0.3) is 0 Å². The molecule has 0 atom stereocenters. The van der Waals surface area contributed by atoms with Gasteiger partial charge in [0.2, 0.25) is 0 Å². The molecule has 20 heavy (non-hydrogen) atoms. The standard InChI is InChI=1S/C14H14O6/c1-7(2)19-11-5-10(14(17)18)12(20-8(3)4)6-9(11)13(15)16/h5-6H,1,3H2,2,4H3,(H,15,16)(H,17,18). The fourth-order valence-corrected chi connectivity index (χ4v) is 1.44. The highest BCUT2D eigenvalue weighted by molar-refractivity contribution is 5.97. The molecule has 0 aromatic heterocycles. The minimum Gasteiger partial charge on any atom is -0.478 e. The van der Waals surface area contributed by atoms with Crippen molar-refractivity contribution in [3.63, 3.8) is 0 Å². The second-order valence-electron chi connectivity index (χ2n) is 4.06. The fourth-order valence-electron chi connectivity index (χ4n) is 1.44. The molecule has 0 aliphatic carbocycles. The van der Waals surface area contributed by atoms with Crippen LogP contribution >= 0.6 is 0 Å². The molecule has 0 aliphatic heterocycles. The summed E-state index contributed by atoms with van der Waals surface area (Å²) in [7, 11) is 0. The van der Waals surface area contributed by atoms with Crippen molar-refractivity contribution in [3.05, 3.63) is 47.9 Å². The summed E-state index contributed by atoms with van der Waals surface area (Å²) in [5.41, 5.74) is -0.455. The average Bonchev–Trinajstić information content (AvgIpc) is 2.28. The summed E-state index contributed by atoms with van der Waals surface area (Å²) in [4.78, 5) is 22.4. The molecule has 6 nitrogen and oxygen atoms in total. The highest BCUT2D eigenvalue weighted by Gasteiger charge is 2.21. The number of hydrogen-bond donors (Lipinski definition) is 2. The quantitative estimate of drug-likeness (QED) is 0.777. The van der Waals surface area contributed by atoms with Crippen molar-refractivity contribution in [3.8, 4) is 11.5 Å². The zero-order valence-electron chi connectivity index (χ0n) is 11.1. The Kier molecular flexibility index (Phi) is 4.53. The van der Waals surface area contributed by atoms with E-state index < -0.39 is 11.9 Å². The summed E-state index contributed by atoms with van der Waals surface area (Å²) in [6, 6.07) is 2.16. The van der Waals surface area contributed by atoms with Gasteiger partial charge < -0.3 is 19.7 Å². The molecular weight excluding hydrogens is 264 g/mol. The van der Waals surface area contributed by atoms with Crippen molar-refractivity contribution in [1.29, 1.82) is 0 Å². The van der Waals surface area contributed by atoms with E-state index in [1.165, 1.54) is 13.8 Å². The summed E-state index contributed by atoms with van der Waals surface area (Å²) in [5, 5.41) is 18.3. The summed E-state index contributed by atoms with van der Waals surface area (Å²) in [6.07, 6.45) is 0. The maximum absolute atomic E-state index is 11.2. The van der Waals surface area contributed by atoms with E-state index in [0.29, 0.717) is 0 Å². The number of ether oxygens (including phenoxy) is 2. The van der Waals surface area contributed by atoms with Crippen LogP contribution in [0, 0.1) is 0 Å². The molecule has 106 valence electrons. The van der Waals surface area contributed by atoms with Crippen LogP contribution in [0.4, 0.5) is 0 Å². The smallest absolute Gasteiger partial charge is 0.339 e. The predicted octanol–water partition coefficient (Wildman–Crippen LogP) is 2.91. The maximum atomic E-state index is 11.2. The minimum absolute atomic E-state index is 0.114. The van der Waals surface area contributed by atoms with Gasteiger partial charge in [-0.1, -0.05) is 13.2 Å². The third kappa shape index (κ3) is 3.61. The monoisotopic (exact) mass is 278 g/mol. The van der Waals surface area contributed by atoms with E-state index in [4.69, 9.17) is 19.7 Å². The molecule has 0 amide bonds. The molecule has 0 unspecified atom stereocenters. The van der Waals surface area contributed by atoms with Gasteiger partial charge in [0, 0.05) is 0 Å². The number of hydrogen-bond acceptors (Lipinski definition) is 4. The molecule has 0 spiro atoms. The number of carboxylic acids is 2. The summed E-state index contributed by atoms with van der Waals surface area (Å²) >= 11 is 0. The zero-order valence-corrected chi connectivity index (χ0v) is 11.1. The second-order valence-corrected chi connectivity index (χ2v) is 4.06. The maximum Gasteiger partial charge on any atom is 0.339 e. The largest absolute Gasteiger partial charge is 0.478 e. The Bertz CT molecular complexity index is 546. The molecule has 0 bridgehead atoms. The summed E-state index contributed by atoms with van der Waals surface area (Å²) in [5.74, 6) is -2.31. The van der Waals surface area contributed by atoms with Crippen LogP contribution in [-0.2, 0) is 0 Å². The zero-order chi connectivity index (χ0) is 15.4. The second kappa shape index (κ2) is 5.92. The van der Waals surface area contributed by atoms with E-state index in [0.717, 1.165) is 12.1 Å². The van der Waals surface area contributed by atoms with Crippen LogP contribution in [0.15, 0.2) is 36.8 Å². The van der Waals surface area contributed by atoms with Crippen LogP contribution in [0.1, 0.15) is 34.6 Å². The van der Waals surface area contributed by atoms with Crippen molar-refractivity contribution in [2.45, 2.75) is 13.8 Å². The topological polar surface area (TPSA) is 93.1 Å². The van der Waals surface area contributed by atoms with Gasteiger partial charge in [0.05, 0.1) is 11.5 Å². The molecule has 0 heterocycles. The van der Waals surface area contributed by atoms with Gasteiger partial charge in [-0.25, -0.2) is 9.59 Å². The Labute approximate surface area is 115 Å². The van der Waals surface area contributed by atoms with Crippen molar-refractivity contribution >= 4 is 11.9 Å². The molecule has 2 N–H and O–H groups in total. The van der Waals surface area contributed by atoms with Gasteiger partial charge in [-0.3, -0.25) is 0 Å². The fraction of sp³-hybridized carbons (Fsp3) is 0.143. The lowest BCUT2D eigenvalue weighted by Crippen LogP contribution is -2.08. The first-order chi connectivity index (χ1) is 9.22. The lowest BCUT2D eigenvalue weighted by Gasteiger charge is -2.13. The lowest BCUT2D eigenvalue weighted by atomic mass is 10.1. The van der Waals surface area contributed by atoms with Crippen LogP contribution in [0.2, 0.25) is 0 Å². The average molecular weight is 278 g/mol. The van der Waals surface area contributed by atoms with Gasteiger partial charge in [-0.05, 0) is 26.0 Å². The Balaban J connectivity index is 3.50. The molecule has 1 aromatic rings. The molecule has 0 aliphatic rings. The van der Waals surface area contributed by atoms with Gasteiger partial charge in [0.25, 0.3) is 0 Å². The summed E-state index contributed by atoms with van der Waals surface area (Å²) in [6.45, 7) is 10.0. The molecular formula is C14H14O6. The molecule has 0 fully saturated rings. The third-order valence-corrected chi connectivity index (χ3v) is 2.11. The number of carboxylic acid groups (broad SMARTS) is 2. The van der Waals surface area contributed by atoms with Crippen molar-refractivity contribution in [2.24, 2.45) is 0 Å². The van der Waals surface area contributed by atoms with E-state index in [1.807, 2.05) is 0 Å². The van der Waals surface area contributed by atoms with E-state index >= 15 is 0 Å². The number of rotatable bonds is 6. The first-order valence-corrected chi connectivity index (χ1v) is 5.53. The van der Waals surface area contributed by atoms with Crippen molar-refractivity contribution < 1.29 is 29.3 Å². The van der Waals surface area contributed by atoms with E-state index in [1.54, 1.807) is 0 Å². The van der Waals surface area contributed by atoms with Gasteiger partial charge in [0.15, 0.2) is 0 Å². The molecule has 0 saturated carbocycles. The SMILES string of the molecule is C=C(C)Oc1cc(C(=O)O)c(OC(=C)C)cc1C(=O)O. The van der Waals surface area contributed by atoms with E-state index in [9.17, 15) is 9.59 Å². The molecule has 6 heteroatoms. The van der Waals surface area contributed by atoms with Gasteiger partial charge in [0.1, 0.15) is 22.6 Å². The van der Waals surface area contributed by atoms with E-state index in [2.05, 4.69) is 13.2 Å². The molecule has 1 aromatic carbocycles. The minimum atomic E-state index is -1.27. The van der Waals surface area contributed by atoms with Crippen molar-refractivity contribution in [2.75, 3.05) is 0 Å². The van der Waals surface area contributed by atoms with Crippen LogP contribution in [-0.4, -0.2) is 22.2 Å². The molecule has 0 saturated heterocycles. The van der Waals surface area contributed by atoms with Crippen LogP contribution in [0.3, 0.4) is 0 Å². The Morgan fingerprint density at radius 1 is 0.900 bits per heavy atom. The summed E-state index contributed by atoms with van der Waals surface area (Å²) < 4.78 is 10.3. The normalized spacial score (nSPS) is 9.70. The Morgan fingerprint density at radius 3 is 1.40 bits per heavy atom. The Morgan fingerprint density at radius 2 is 1.20 bits per heavy atom. The molecule has 1 rings (SSSR count). The predicted molar refractivity (Wildman–Crippen MR) is 71.2 cm³/mol. The number of carbonyl (C=O) groups is 2. The van der Waals surface area contributed by atoms with E-state index in [-0.39, 0.29) is 34.1 Å². The lowest BCUT2D eigenvalue weighted by molar-refractivity contribution is 0.0675. The molecule has 0 radical (unpaired) electrons. The van der Waals surface area contributed by atoms with Gasteiger partial charge in [-0.2, -0.15) is 0 Å².